The molecule has 8 nitrogen and oxygen atoms in total. The molecule has 10 heteroatoms. The third kappa shape index (κ3) is 4.48. The molecule has 0 unspecified atom stereocenters. The fourth-order valence-corrected chi connectivity index (χ4v) is 2.96. The highest BCUT2D eigenvalue weighted by molar-refractivity contribution is 7.89. The van der Waals surface area contributed by atoms with Gasteiger partial charge in [0.05, 0.1) is 23.0 Å². The normalized spacial score (nSPS) is 12.9. The van der Waals surface area contributed by atoms with Crippen molar-refractivity contribution in [1.82, 2.24) is 4.72 Å². The molecule has 0 radical (unpaired) electrons. The minimum atomic E-state index is -4.31. The molecule has 0 saturated carbocycles. The maximum atomic E-state index is 13.6. The van der Waals surface area contributed by atoms with Crippen molar-refractivity contribution >= 4 is 22.0 Å². The van der Waals surface area contributed by atoms with Crippen LogP contribution in [-0.2, 0) is 14.8 Å². The Hall–Kier alpha value is -2.04. The molecule has 0 aliphatic rings. The van der Waals surface area contributed by atoms with Crippen LogP contribution in [0.2, 0.25) is 0 Å². The lowest BCUT2D eigenvalue weighted by molar-refractivity contribution is -0.139. The van der Waals surface area contributed by atoms with Gasteiger partial charge in [-0.25, -0.2) is 22.3 Å². The molecule has 1 aromatic rings. The lowest BCUT2D eigenvalue weighted by atomic mass is 10.1. The average Bonchev–Trinajstić information content (AvgIpc) is 2.38. The molecule has 1 atom stereocenters. The summed E-state index contributed by atoms with van der Waals surface area (Å²) in [5.74, 6) is -3.82. The summed E-state index contributed by atoms with van der Waals surface area (Å²) in [6, 6.07) is 1.47. The van der Waals surface area contributed by atoms with Gasteiger partial charge in [0.1, 0.15) is 5.82 Å². The second-order valence-electron chi connectivity index (χ2n) is 4.49. The largest absolute Gasteiger partial charge is 0.481 e. The van der Waals surface area contributed by atoms with E-state index in [1.807, 2.05) is 4.72 Å². The first kappa shape index (κ1) is 18.0. The molecular weight excluding hydrogens is 321 g/mol. The molecule has 0 aliphatic carbocycles. The molecule has 22 heavy (non-hydrogen) atoms. The number of hydrogen-bond donors (Lipinski definition) is 4. The van der Waals surface area contributed by atoms with Gasteiger partial charge in [0.2, 0.25) is 10.0 Å². The van der Waals surface area contributed by atoms with Crippen LogP contribution in [-0.4, -0.2) is 48.3 Å². The first-order valence-corrected chi connectivity index (χ1v) is 7.46. The van der Waals surface area contributed by atoms with Gasteiger partial charge in [-0.1, -0.05) is 0 Å². The number of aliphatic hydroxyl groups excluding tert-OH is 1. The van der Waals surface area contributed by atoms with Crippen LogP contribution in [0.3, 0.4) is 0 Å². The van der Waals surface area contributed by atoms with Crippen LogP contribution in [0.1, 0.15) is 22.3 Å². The third-order valence-electron chi connectivity index (χ3n) is 2.75. The molecule has 0 spiro atoms. The van der Waals surface area contributed by atoms with Crippen LogP contribution >= 0.6 is 0 Å². The second-order valence-corrected chi connectivity index (χ2v) is 6.23. The summed E-state index contributed by atoms with van der Waals surface area (Å²) in [6.45, 7) is 0.552. The first-order chi connectivity index (χ1) is 10.0. The highest BCUT2D eigenvalue weighted by Gasteiger charge is 2.23. The van der Waals surface area contributed by atoms with Gasteiger partial charge in [0, 0.05) is 12.1 Å². The van der Waals surface area contributed by atoms with Gasteiger partial charge in [-0.05, 0) is 19.1 Å². The predicted molar refractivity (Wildman–Crippen MR) is 71.5 cm³/mol. The van der Waals surface area contributed by atoms with E-state index in [0.717, 1.165) is 13.0 Å². The van der Waals surface area contributed by atoms with E-state index in [1.165, 1.54) is 0 Å². The van der Waals surface area contributed by atoms with Gasteiger partial charge in [0.25, 0.3) is 0 Å². The molecule has 0 aliphatic heterocycles. The summed E-state index contributed by atoms with van der Waals surface area (Å²) in [5.41, 5.74) is -0.834. The standard InChI is InChI=1S/C12H14FNO7S/c1-6-9(13)2-7(12(18)19)3-10(6)22(20,21)14-5-8(15)4-11(16)17/h2-3,8,14-15H,4-5H2,1H3,(H,16,17)(H,18,19)/t8-/m1/s1. The van der Waals surface area contributed by atoms with Crippen molar-refractivity contribution in [3.8, 4) is 0 Å². The van der Waals surface area contributed by atoms with E-state index < -0.39 is 57.3 Å². The highest BCUT2D eigenvalue weighted by atomic mass is 32.2. The van der Waals surface area contributed by atoms with E-state index in [-0.39, 0.29) is 5.56 Å². The van der Waals surface area contributed by atoms with Crippen molar-refractivity contribution in [2.45, 2.75) is 24.3 Å². The minimum absolute atomic E-state index is 0.287. The zero-order valence-electron chi connectivity index (χ0n) is 11.4. The Morgan fingerprint density at radius 3 is 2.41 bits per heavy atom. The maximum Gasteiger partial charge on any atom is 0.335 e. The number of hydrogen-bond acceptors (Lipinski definition) is 5. The number of carbonyl (C=O) groups is 2. The van der Waals surface area contributed by atoms with Gasteiger partial charge in [0.15, 0.2) is 0 Å². The Balaban J connectivity index is 3.07. The van der Waals surface area contributed by atoms with Gasteiger partial charge >= 0.3 is 11.9 Å². The number of aromatic carboxylic acids is 1. The fraction of sp³-hybridized carbons (Fsp3) is 0.333. The van der Waals surface area contributed by atoms with Crippen molar-refractivity contribution in [1.29, 1.82) is 0 Å². The summed E-state index contributed by atoms with van der Waals surface area (Å²) >= 11 is 0. The number of nitrogens with one attached hydrogen (secondary N) is 1. The Labute approximate surface area is 125 Å². The molecule has 0 heterocycles. The number of carboxylic acids is 2. The molecule has 1 aromatic carbocycles. The number of halogens is 1. The monoisotopic (exact) mass is 335 g/mol. The predicted octanol–water partition coefficient (Wildman–Crippen LogP) is -0.0538. The van der Waals surface area contributed by atoms with E-state index >= 15 is 0 Å². The topological polar surface area (TPSA) is 141 Å². The van der Waals surface area contributed by atoms with Crippen molar-refractivity contribution in [3.05, 3.63) is 29.1 Å². The third-order valence-corrected chi connectivity index (χ3v) is 4.30. The van der Waals surface area contributed by atoms with E-state index in [4.69, 9.17) is 10.2 Å². The SMILES string of the molecule is Cc1c(F)cc(C(=O)O)cc1S(=O)(=O)NC[C@H](O)CC(=O)O. The Morgan fingerprint density at radius 1 is 1.32 bits per heavy atom. The van der Waals surface area contributed by atoms with Gasteiger partial charge in [-0.15, -0.1) is 0 Å². The Kier molecular flexibility index (Phi) is 5.58. The van der Waals surface area contributed by atoms with Crippen LogP contribution < -0.4 is 4.72 Å². The van der Waals surface area contributed by atoms with E-state index in [9.17, 15) is 27.5 Å². The lowest BCUT2D eigenvalue weighted by Gasteiger charge is -2.13. The van der Waals surface area contributed by atoms with Gasteiger partial charge < -0.3 is 15.3 Å². The van der Waals surface area contributed by atoms with E-state index in [1.54, 1.807) is 0 Å². The highest BCUT2D eigenvalue weighted by Crippen LogP contribution is 2.20. The molecule has 0 fully saturated rings. The number of carboxylic acid groups (broad SMARTS) is 2. The number of benzene rings is 1. The molecule has 0 aromatic heterocycles. The van der Waals surface area contributed by atoms with Crippen molar-refractivity contribution in [2.24, 2.45) is 0 Å². The maximum absolute atomic E-state index is 13.6. The fourth-order valence-electron chi connectivity index (χ4n) is 1.61. The summed E-state index contributed by atoms with van der Waals surface area (Å²) in [4.78, 5) is 20.6. The van der Waals surface area contributed by atoms with Crippen LogP contribution in [0.25, 0.3) is 0 Å². The van der Waals surface area contributed by atoms with Crippen molar-refractivity contribution in [2.75, 3.05) is 6.54 Å². The second kappa shape index (κ2) is 6.81. The summed E-state index contributed by atoms with van der Waals surface area (Å²) in [6.07, 6.45) is -2.15. The number of aliphatic hydroxyl groups is 1. The van der Waals surface area contributed by atoms with Crippen LogP contribution in [0, 0.1) is 12.7 Å². The zero-order valence-corrected chi connectivity index (χ0v) is 12.2. The molecule has 0 saturated heterocycles. The summed E-state index contributed by atoms with van der Waals surface area (Å²) in [7, 11) is -4.31. The Morgan fingerprint density at radius 2 is 1.91 bits per heavy atom. The average molecular weight is 335 g/mol. The van der Waals surface area contributed by atoms with Gasteiger partial charge in [-0.2, -0.15) is 0 Å². The molecular formula is C12H14FNO7S. The number of rotatable bonds is 7. The lowest BCUT2D eigenvalue weighted by Crippen LogP contribution is -2.33. The summed E-state index contributed by atoms with van der Waals surface area (Å²) in [5, 5.41) is 26.6. The van der Waals surface area contributed by atoms with Crippen molar-refractivity contribution < 1.29 is 37.7 Å². The molecule has 0 amide bonds. The zero-order chi connectivity index (χ0) is 17.1. The van der Waals surface area contributed by atoms with E-state index in [0.29, 0.717) is 6.07 Å². The van der Waals surface area contributed by atoms with Crippen molar-refractivity contribution in [3.63, 3.8) is 0 Å². The van der Waals surface area contributed by atoms with E-state index in [2.05, 4.69) is 0 Å². The van der Waals surface area contributed by atoms with Gasteiger partial charge in [-0.3, -0.25) is 4.79 Å². The molecule has 1 rings (SSSR count). The molecule has 122 valence electrons. The summed E-state index contributed by atoms with van der Waals surface area (Å²) < 4.78 is 39.6. The first-order valence-electron chi connectivity index (χ1n) is 5.97. The molecule has 0 bridgehead atoms. The molecule has 4 N–H and O–H groups in total. The smallest absolute Gasteiger partial charge is 0.335 e. The number of sulfonamides is 1. The van der Waals surface area contributed by atoms with Crippen LogP contribution in [0.15, 0.2) is 17.0 Å². The minimum Gasteiger partial charge on any atom is -0.481 e. The Bertz CT molecular complexity index is 702. The quantitative estimate of drug-likeness (QED) is 0.547. The van der Waals surface area contributed by atoms with Crippen LogP contribution in [0.4, 0.5) is 4.39 Å². The number of aliphatic carboxylic acids is 1. The van der Waals surface area contributed by atoms with Crippen LogP contribution in [0.5, 0.6) is 0 Å².